The van der Waals surface area contributed by atoms with Crippen molar-refractivity contribution in [3.05, 3.63) is 40.6 Å². The third-order valence-electron chi connectivity index (χ3n) is 3.23. The maximum atomic E-state index is 12.2. The van der Waals surface area contributed by atoms with Gasteiger partial charge in [-0.1, -0.05) is 0 Å². The van der Waals surface area contributed by atoms with E-state index in [0.29, 0.717) is 23.7 Å². The van der Waals surface area contributed by atoms with Gasteiger partial charge in [0.15, 0.2) is 6.54 Å². The van der Waals surface area contributed by atoms with E-state index in [1.54, 1.807) is 43.8 Å². The quantitative estimate of drug-likeness (QED) is 0.811. The van der Waals surface area contributed by atoms with Crippen LogP contribution in [0.1, 0.15) is 5.56 Å². The van der Waals surface area contributed by atoms with Gasteiger partial charge in [0.05, 0.1) is 27.0 Å². The van der Waals surface area contributed by atoms with E-state index in [9.17, 15) is 4.79 Å². The largest absolute Gasteiger partial charge is 0.497 e. The van der Waals surface area contributed by atoms with Crippen LogP contribution in [0.15, 0.2) is 35.0 Å². The number of anilines is 1. The van der Waals surface area contributed by atoms with Crippen LogP contribution < -0.4 is 19.7 Å². The van der Waals surface area contributed by atoms with Gasteiger partial charge in [0, 0.05) is 11.6 Å². The number of rotatable bonds is 7. The standard InChI is InChI=1S/C16H20N2O3S/c1-18(9-12-6-7-22-11-12)10-16(19)17-14-5-4-13(20-2)8-15(14)21-3/h4-8,11H,9-10H2,1-3H3,(H,17,19)/p+1. The summed E-state index contributed by atoms with van der Waals surface area (Å²) >= 11 is 1.67. The van der Waals surface area contributed by atoms with Crippen LogP contribution in [-0.2, 0) is 11.3 Å². The Bertz CT molecular complexity index is 614. The number of quaternary nitrogens is 1. The summed E-state index contributed by atoms with van der Waals surface area (Å²) in [5.74, 6) is 1.23. The molecule has 0 aliphatic heterocycles. The zero-order chi connectivity index (χ0) is 15.9. The minimum absolute atomic E-state index is 0.0452. The van der Waals surface area contributed by atoms with E-state index in [1.165, 1.54) is 5.56 Å². The lowest BCUT2D eigenvalue weighted by atomic mass is 10.2. The van der Waals surface area contributed by atoms with Crippen molar-refractivity contribution in [2.45, 2.75) is 6.54 Å². The highest BCUT2D eigenvalue weighted by molar-refractivity contribution is 7.07. The molecule has 1 aromatic carbocycles. The molecule has 1 unspecified atom stereocenters. The molecule has 6 heteroatoms. The van der Waals surface area contributed by atoms with Crippen LogP contribution >= 0.6 is 11.3 Å². The third-order valence-corrected chi connectivity index (χ3v) is 3.96. The van der Waals surface area contributed by atoms with Crippen molar-refractivity contribution in [3.8, 4) is 11.5 Å². The number of likely N-dealkylation sites (N-methyl/N-ethyl adjacent to an activating group) is 1. The van der Waals surface area contributed by atoms with E-state index in [4.69, 9.17) is 9.47 Å². The van der Waals surface area contributed by atoms with Gasteiger partial charge in [0.1, 0.15) is 18.0 Å². The highest BCUT2D eigenvalue weighted by Gasteiger charge is 2.13. The molecule has 2 aromatic rings. The Morgan fingerprint density at radius 3 is 2.73 bits per heavy atom. The van der Waals surface area contributed by atoms with Crippen LogP contribution in [0.5, 0.6) is 11.5 Å². The predicted octanol–water partition coefficient (Wildman–Crippen LogP) is 1.42. The summed E-state index contributed by atoms with van der Waals surface area (Å²) in [6.07, 6.45) is 0. The second-order valence-corrected chi connectivity index (χ2v) is 5.84. The zero-order valence-corrected chi connectivity index (χ0v) is 13.8. The fourth-order valence-electron chi connectivity index (χ4n) is 2.17. The average Bonchev–Trinajstić information content (AvgIpc) is 3.00. The minimum Gasteiger partial charge on any atom is -0.497 e. The van der Waals surface area contributed by atoms with Gasteiger partial charge in [0.25, 0.3) is 5.91 Å². The Balaban J connectivity index is 1.94. The van der Waals surface area contributed by atoms with Crippen molar-refractivity contribution in [2.75, 3.05) is 33.1 Å². The smallest absolute Gasteiger partial charge is 0.279 e. The van der Waals surface area contributed by atoms with E-state index >= 15 is 0 Å². The molecule has 22 heavy (non-hydrogen) atoms. The van der Waals surface area contributed by atoms with E-state index in [2.05, 4.69) is 16.8 Å². The first-order chi connectivity index (χ1) is 10.6. The molecule has 2 rings (SSSR count). The van der Waals surface area contributed by atoms with E-state index < -0.39 is 0 Å². The molecular formula is C16H21N2O3S+. The number of carbonyl (C=O) groups is 1. The lowest BCUT2D eigenvalue weighted by molar-refractivity contribution is -0.885. The zero-order valence-electron chi connectivity index (χ0n) is 13.0. The number of ether oxygens (including phenoxy) is 2. The summed E-state index contributed by atoms with van der Waals surface area (Å²) in [4.78, 5) is 13.3. The Labute approximate surface area is 134 Å². The lowest BCUT2D eigenvalue weighted by Crippen LogP contribution is -3.08. The Hall–Kier alpha value is -2.05. The molecule has 2 N–H and O–H groups in total. The van der Waals surface area contributed by atoms with Gasteiger partial charge in [-0.15, -0.1) is 0 Å². The second-order valence-electron chi connectivity index (χ2n) is 5.06. The summed E-state index contributed by atoms with van der Waals surface area (Å²) < 4.78 is 10.4. The second kappa shape index (κ2) is 7.82. The molecule has 0 spiro atoms. The first kappa shape index (κ1) is 16.3. The first-order valence-corrected chi connectivity index (χ1v) is 7.91. The van der Waals surface area contributed by atoms with Crippen molar-refractivity contribution in [1.82, 2.24) is 0 Å². The number of amides is 1. The maximum Gasteiger partial charge on any atom is 0.279 e. The molecule has 118 valence electrons. The van der Waals surface area contributed by atoms with Crippen LogP contribution in [0.3, 0.4) is 0 Å². The Morgan fingerprint density at radius 1 is 1.27 bits per heavy atom. The Kier molecular flexibility index (Phi) is 5.80. The average molecular weight is 321 g/mol. The van der Waals surface area contributed by atoms with Crippen molar-refractivity contribution < 1.29 is 19.2 Å². The molecule has 0 saturated heterocycles. The SMILES string of the molecule is COc1ccc(NC(=O)C[NH+](C)Cc2ccsc2)c(OC)c1. The van der Waals surface area contributed by atoms with Crippen LogP contribution in [0.4, 0.5) is 5.69 Å². The van der Waals surface area contributed by atoms with E-state index in [0.717, 1.165) is 11.4 Å². The normalized spacial score (nSPS) is 11.8. The van der Waals surface area contributed by atoms with Gasteiger partial charge >= 0.3 is 0 Å². The summed E-state index contributed by atoms with van der Waals surface area (Å²) in [5, 5.41) is 7.04. The van der Waals surface area contributed by atoms with Gasteiger partial charge in [0.2, 0.25) is 0 Å². The molecule has 0 aliphatic carbocycles. The van der Waals surface area contributed by atoms with E-state index in [-0.39, 0.29) is 5.91 Å². The highest BCUT2D eigenvalue weighted by Crippen LogP contribution is 2.28. The van der Waals surface area contributed by atoms with Gasteiger partial charge in [-0.05, 0) is 29.0 Å². The van der Waals surface area contributed by atoms with Crippen LogP contribution in [0.2, 0.25) is 0 Å². The number of methoxy groups -OCH3 is 2. The van der Waals surface area contributed by atoms with Gasteiger partial charge < -0.3 is 19.7 Å². The van der Waals surface area contributed by atoms with Crippen LogP contribution in [0.25, 0.3) is 0 Å². The number of nitrogens with one attached hydrogen (secondary N) is 2. The van der Waals surface area contributed by atoms with Crippen LogP contribution in [0, 0.1) is 0 Å². The van der Waals surface area contributed by atoms with Gasteiger partial charge in [-0.25, -0.2) is 0 Å². The predicted molar refractivity (Wildman–Crippen MR) is 88.0 cm³/mol. The minimum atomic E-state index is -0.0452. The number of thiophene rings is 1. The fraction of sp³-hybridized carbons (Fsp3) is 0.312. The van der Waals surface area contributed by atoms with Crippen molar-refractivity contribution in [3.63, 3.8) is 0 Å². The van der Waals surface area contributed by atoms with Crippen molar-refractivity contribution in [2.24, 2.45) is 0 Å². The lowest BCUT2D eigenvalue weighted by Gasteiger charge is -2.15. The molecule has 1 atom stereocenters. The number of carbonyl (C=O) groups excluding carboxylic acids is 1. The monoisotopic (exact) mass is 321 g/mol. The van der Waals surface area contributed by atoms with E-state index in [1.807, 2.05) is 12.4 Å². The molecule has 0 bridgehead atoms. The van der Waals surface area contributed by atoms with Gasteiger partial charge in [-0.3, -0.25) is 4.79 Å². The number of benzene rings is 1. The Morgan fingerprint density at radius 2 is 2.09 bits per heavy atom. The summed E-state index contributed by atoms with van der Waals surface area (Å²) in [5.41, 5.74) is 1.90. The molecule has 1 heterocycles. The maximum absolute atomic E-state index is 12.2. The number of hydrogen-bond acceptors (Lipinski definition) is 4. The number of hydrogen-bond donors (Lipinski definition) is 2. The third kappa shape index (κ3) is 4.47. The topological polar surface area (TPSA) is 52.0 Å². The summed E-state index contributed by atoms with van der Waals surface area (Å²) in [6.45, 7) is 1.22. The van der Waals surface area contributed by atoms with Crippen molar-refractivity contribution in [1.29, 1.82) is 0 Å². The summed E-state index contributed by atoms with van der Waals surface area (Å²) in [6, 6.07) is 7.40. The van der Waals surface area contributed by atoms with Crippen LogP contribution in [-0.4, -0.2) is 33.7 Å². The molecule has 5 nitrogen and oxygen atoms in total. The molecule has 0 fully saturated rings. The summed E-state index contributed by atoms with van der Waals surface area (Å²) in [7, 11) is 5.16. The molecule has 0 radical (unpaired) electrons. The first-order valence-electron chi connectivity index (χ1n) is 6.96. The van der Waals surface area contributed by atoms with Gasteiger partial charge in [-0.2, -0.15) is 11.3 Å². The highest BCUT2D eigenvalue weighted by atomic mass is 32.1. The molecular weight excluding hydrogens is 300 g/mol. The van der Waals surface area contributed by atoms with Crippen molar-refractivity contribution >= 4 is 22.9 Å². The molecule has 1 amide bonds. The fourth-order valence-corrected chi connectivity index (χ4v) is 2.84. The molecule has 0 aliphatic rings. The molecule has 0 saturated carbocycles. The molecule has 1 aromatic heterocycles.